The van der Waals surface area contributed by atoms with Crippen LogP contribution in [0.15, 0.2) is 0 Å². The second-order valence-corrected chi connectivity index (χ2v) is 6.46. The van der Waals surface area contributed by atoms with Crippen molar-refractivity contribution in [2.75, 3.05) is 26.7 Å². The first kappa shape index (κ1) is 14.3. The predicted molar refractivity (Wildman–Crippen MR) is 77.7 cm³/mol. The van der Waals surface area contributed by atoms with Gasteiger partial charge in [0.05, 0.1) is 0 Å². The molecule has 0 aliphatic carbocycles. The molecule has 0 saturated carbocycles. The van der Waals surface area contributed by atoms with Gasteiger partial charge in [0.15, 0.2) is 0 Å². The summed E-state index contributed by atoms with van der Waals surface area (Å²) in [4.78, 5) is 5.28. The Morgan fingerprint density at radius 1 is 1.28 bits per heavy atom. The van der Waals surface area contributed by atoms with Gasteiger partial charge in [-0.25, -0.2) is 0 Å². The molecule has 2 saturated heterocycles. The lowest BCUT2D eigenvalue weighted by atomic mass is 9.79. The molecule has 3 nitrogen and oxygen atoms in total. The van der Waals surface area contributed by atoms with Gasteiger partial charge in [-0.15, -0.1) is 0 Å². The third-order valence-corrected chi connectivity index (χ3v) is 5.45. The number of piperidine rings is 2. The number of nitrogens with two attached hydrogens (primary N) is 1. The van der Waals surface area contributed by atoms with Gasteiger partial charge < -0.3 is 10.6 Å². The Kier molecular flexibility index (Phi) is 4.68. The molecule has 2 aliphatic rings. The average Bonchev–Trinajstić information content (AvgIpc) is 2.42. The highest BCUT2D eigenvalue weighted by atomic mass is 15.3. The van der Waals surface area contributed by atoms with Crippen molar-refractivity contribution in [1.29, 1.82) is 0 Å². The van der Waals surface area contributed by atoms with Gasteiger partial charge in [-0.1, -0.05) is 13.3 Å². The maximum atomic E-state index is 6.23. The van der Waals surface area contributed by atoms with Gasteiger partial charge in [0.2, 0.25) is 0 Å². The van der Waals surface area contributed by atoms with Crippen LogP contribution in [0.25, 0.3) is 0 Å². The summed E-state index contributed by atoms with van der Waals surface area (Å²) >= 11 is 0. The standard InChI is InChI=1S/C15H31N3/c1-4-14-7-5-6-9-18(14)15(12-16)8-10-17(3)13(2)11-15/h13-14H,4-12,16H2,1-3H3. The molecule has 2 N–H and O–H groups in total. The molecule has 2 aliphatic heterocycles. The third-order valence-electron chi connectivity index (χ3n) is 5.45. The summed E-state index contributed by atoms with van der Waals surface area (Å²) in [7, 11) is 2.25. The van der Waals surface area contributed by atoms with Gasteiger partial charge in [0, 0.05) is 24.2 Å². The normalized spacial score (nSPS) is 40.0. The van der Waals surface area contributed by atoms with Crippen LogP contribution < -0.4 is 5.73 Å². The smallest absolute Gasteiger partial charge is 0.0361 e. The molecule has 0 aromatic heterocycles. The van der Waals surface area contributed by atoms with Crippen LogP contribution in [-0.4, -0.2) is 54.1 Å². The van der Waals surface area contributed by atoms with Crippen molar-refractivity contribution in [3.05, 3.63) is 0 Å². The molecule has 2 fully saturated rings. The van der Waals surface area contributed by atoms with Crippen LogP contribution in [0.4, 0.5) is 0 Å². The van der Waals surface area contributed by atoms with E-state index < -0.39 is 0 Å². The molecule has 0 aromatic carbocycles. The zero-order valence-electron chi connectivity index (χ0n) is 12.5. The van der Waals surface area contributed by atoms with Crippen LogP contribution in [-0.2, 0) is 0 Å². The van der Waals surface area contributed by atoms with Crippen molar-refractivity contribution in [3.8, 4) is 0 Å². The highest BCUT2D eigenvalue weighted by Crippen LogP contribution is 2.36. The minimum absolute atomic E-state index is 0.285. The summed E-state index contributed by atoms with van der Waals surface area (Å²) in [6.45, 7) is 8.00. The molecule has 2 heterocycles. The Hall–Kier alpha value is -0.120. The SMILES string of the molecule is CCC1CCCCN1C1(CN)CCN(C)C(C)C1. The summed E-state index contributed by atoms with van der Waals surface area (Å²) in [6, 6.07) is 1.44. The molecule has 106 valence electrons. The van der Waals surface area contributed by atoms with Crippen molar-refractivity contribution in [2.45, 2.75) is 70.0 Å². The lowest BCUT2D eigenvalue weighted by Gasteiger charge is -2.54. The van der Waals surface area contributed by atoms with Gasteiger partial charge in [0.25, 0.3) is 0 Å². The van der Waals surface area contributed by atoms with E-state index in [1.54, 1.807) is 0 Å². The summed E-state index contributed by atoms with van der Waals surface area (Å²) < 4.78 is 0. The van der Waals surface area contributed by atoms with Gasteiger partial charge in [-0.2, -0.15) is 0 Å². The molecule has 18 heavy (non-hydrogen) atoms. The average molecular weight is 253 g/mol. The topological polar surface area (TPSA) is 32.5 Å². The summed E-state index contributed by atoms with van der Waals surface area (Å²) in [5.41, 5.74) is 6.52. The first-order chi connectivity index (χ1) is 8.63. The Bertz CT molecular complexity index is 268. The summed E-state index contributed by atoms with van der Waals surface area (Å²) in [5, 5.41) is 0. The van der Waals surface area contributed by atoms with E-state index in [1.807, 2.05) is 0 Å². The number of hydrogen-bond acceptors (Lipinski definition) is 3. The Labute approximate surface area is 113 Å². The number of likely N-dealkylation sites (tertiary alicyclic amines) is 2. The molecule has 0 radical (unpaired) electrons. The van der Waals surface area contributed by atoms with E-state index in [0.717, 1.165) is 12.6 Å². The second kappa shape index (κ2) is 5.89. The number of hydrogen-bond donors (Lipinski definition) is 1. The quantitative estimate of drug-likeness (QED) is 0.835. The van der Waals surface area contributed by atoms with E-state index in [4.69, 9.17) is 5.73 Å². The van der Waals surface area contributed by atoms with Crippen LogP contribution in [0, 0.1) is 0 Å². The van der Waals surface area contributed by atoms with Crippen molar-refractivity contribution < 1.29 is 0 Å². The molecular weight excluding hydrogens is 222 g/mol. The molecule has 3 atom stereocenters. The Morgan fingerprint density at radius 2 is 2.06 bits per heavy atom. The summed E-state index contributed by atoms with van der Waals surface area (Å²) in [6.07, 6.45) is 7.93. The molecular formula is C15H31N3. The number of rotatable bonds is 3. The monoisotopic (exact) mass is 253 g/mol. The fourth-order valence-electron chi connectivity index (χ4n) is 4.03. The molecule has 3 unspecified atom stereocenters. The van der Waals surface area contributed by atoms with E-state index in [2.05, 4.69) is 30.7 Å². The molecule has 0 spiro atoms. The largest absolute Gasteiger partial charge is 0.329 e. The fourth-order valence-corrected chi connectivity index (χ4v) is 4.03. The summed E-state index contributed by atoms with van der Waals surface area (Å²) in [5.74, 6) is 0. The minimum atomic E-state index is 0.285. The van der Waals surface area contributed by atoms with Gasteiger partial charge in [0.1, 0.15) is 0 Å². The zero-order chi connectivity index (χ0) is 13.2. The van der Waals surface area contributed by atoms with Crippen LogP contribution >= 0.6 is 0 Å². The van der Waals surface area contributed by atoms with E-state index in [9.17, 15) is 0 Å². The first-order valence-electron chi connectivity index (χ1n) is 7.80. The maximum Gasteiger partial charge on any atom is 0.0361 e. The third kappa shape index (κ3) is 2.59. The minimum Gasteiger partial charge on any atom is -0.329 e. The van der Waals surface area contributed by atoms with Gasteiger partial charge >= 0.3 is 0 Å². The van der Waals surface area contributed by atoms with E-state index in [0.29, 0.717) is 6.04 Å². The van der Waals surface area contributed by atoms with Gasteiger partial charge in [-0.3, -0.25) is 4.90 Å². The molecule has 3 heteroatoms. The predicted octanol–water partition coefficient (Wildman–Crippen LogP) is 2.06. The van der Waals surface area contributed by atoms with Crippen LogP contribution in [0.5, 0.6) is 0 Å². The van der Waals surface area contributed by atoms with E-state index in [1.165, 1.54) is 51.6 Å². The second-order valence-electron chi connectivity index (χ2n) is 6.46. The van der Waals surface area contributed by atoms with Gasteiger partial charge in [-0.05, 0) is 59.2 Å². The Morgan fingerprint density at radius 3 is 2.67 bits per heavy atom. The van der Waals surface area contributed by atoms with Crippen molar-refractivity contribution in [3.63, 3.8) is 0 Å². The molecule has 0 aromatic rings. The highest BCUT2D eigenvalue weighted by Gasteiger charge is 2.43. The molecule has 0 bridgehead atoms. The highest BCUT2D eigenvalue weighted by molar-refractivity contribution is 5.01. The van der Waals surface area contributed by atoms with E-state index in [-0.39, 0.29) is 5.54 Å². The zero-order valence-corrected chi connectivity index (χ0v) is 12.5. The van der Waals surface area contributed by atoms with Crippen molar-refractivity contribution >= 4 is 0 Å². The van der Waals surface area contributed by atoms with E-state index >= 15 is 0 Å². The molecule has 2 rings (SSSR count). The lowest BCUT2D eigenvalue weighted by molar-refractivity contribution is -0.0329. The fraction of sp³-hybridized carbons (Fsp3) is 1.00. The van der Waals surface area contributed by atoms with Crippen LogP contribution in [0.3, 0.4) is 0 Å². The lowest BCUT2D eigenvalue weighted by Crippen LogP contribution is -2.64. The van der Waals surface area contributed by atoms with Crippen LogP contribution in [0.2, 0.25) is 0 Å². The first-order valence-corrected chi connectivity index (χ1v) is 7.80. The van der Waals surface area contributed by atoms with Crippen molar-refractivity contribution in [1.82, 2.24) is 9.80 Å². The van der Waals surface area contributed by atoms with Crippen LogP contribution in [0.1, 0.15) is 52.4 Å². The maximum absolute atomic E-state index is 6.23. The Balaban J connectivity index is 2.15. The molecule has 0 amide bonds. The number of nitrogens with zero attached hydrogens (tertiary/aromatic N) is 2. The van der Waals surface area contributed by atoms with Crippen molar-refractivity contribution in [2.24, 2.45) is 5.73 Å².